The van der Waals surface area contributed by atoms with E-state index in [-0.39, 0.29) is 5.92 Å². The quantitative estimate of drug-likeness (QED) is 0.541. The van der Waals surface area contributed by atoms with Crippen molar-refractivity contribution in [3.05, 3.63) is 107 Å². The summed E-state index contributed by atoms with van der Waals surface area (Å²) < 4.78 is 11.8. The summed E-state index contributed by atoms with van der Waals surface area (Å²) in [6.45, 7) is 0. The minimum absolute atomic E-state index is 0.362. The molecule has 0 bridgehead atoms. The summed E-state index contributed by atoms with van der Waals surface area (Å²) in [6, 6.07) is 27.3. The second-order valence-corrected chi connectivity index (χ2v) is 6.28. The van der Waals surface area contributed by atoms with Crippen LogP contribution in [0.15, 0.2) is 84.9 Å². The van der Waals surface area contributed by atoms with Crippen molar-refractivity contribution in [2.75, 3.05) is 7.11 Å². The van der Waals surface area contributed by atoms with Crippen LogP contribution < -0.4 is 0 Å². The molecule has 26 heavy (non-hydrogen) atoms. The average molecular weight is 348 g/mol. The van der Waals surface area contributed by atoms with Gasteiger partial charge in [-0.15, -0.1) is 0 Å². The molecule has 4 heteroatoms. The number of methoxy groups -OCH3 is 1. The largest absolute Gasteiger partial charge is 0.352 e. The molecule has 4 rings (SSSR count). The maximum atomic E-state index is 10.1. The first-order valence-corrected chi connectivity index (χ1v) is 8.52. The van der Waals surface area contributed by atoms with E-state index in [1.54, 1.807) is 7.11 Å². The Labute approximate surface area is 152 Å². The van der Waals surface area contributed by atoms with Crippen molar-refractivity contribution in [3.8, 4) is 0 Å². The van der Waals surface area contributed by atoms with E-state index in [4.69, 9.17) is 14.4 Å². The molecular formula is C22H20O4. The summed E-state index contributed by atoms with van der Waals surface area (Å²) in [5, 5.41) is 10.1. The molecule has 0 radical (unpaired) electrons. The van der Waals surface area contributed by atoms with Crippen LogP contribution in [0.4, 0.5) is 0 Å². The van der Waals surface area contributed by atoms with Crippen LogP contribution in [0, 0.1) is 0 Å². The number of rotatable bonds is 4. The normalized spacial score (nSPS) is 24.8. The van der Waals surface area contributed by atoms with E-state index < -0.39 is 12.1 Å². The molecule has 3 atom stereocenters. The first kappa shape index (κ1) is 16.9. The third-order valence-electron chi connectivity index (χ3n) is 4.88. The second kappa shape index (κ2) is 7.02. The van der Waals surface area contributed by atoms with Gasteiger partial charge in [0.25, 0.3) is 0 Å². The summed E-state index contributed by atoms with van der Waals surface area (Å²) in [5.74, 6) is -1.78. The van der Waals surface area contributed by atoms with Crippen molar-refractivity contribution in [2.24, 2.45) is 0 Å². The predicted molar refractivity (Wildman–Crippen MR) is 97.4 cm³/mol. The van der Waals surface area contributed by atoms with Crippen LogP contribution in [-0.4, -0.2) is 12.4 Å². The smallest absolute Gasteiger partial charge is 0.240 e. The molecule has 0 spiro atoms. The lowest BCUT2D eigenvalue weighted by Gasteiger charge is -2.45. The maximum absolute atomic E-state index is 10.1. The van der Waals surface area contributed by atoms with Crippen LogP contribution in [0.2, 0.25) is 0 Å². The lowest BCUT2D eigenvalue weighted by Crippen LogP contribution is -2.44. The molecular weight excluding hydrogens is 328 g/mol. The number of benzene rings is 3. The Morgan fingerprint density at radius 1 is 0.808 bits per heavy atom. The Hall–Kier alpha value is -2.50. The van der Waals surface area contributed by atoms with Crippen LogP contribution in [0.3, 0.4) is 0 Å². The Morgan fingerprint density at radius 3 is 2.00 bits per heavy atom. The van der Waals surface area contributed by atoms with Gasteiger partial charge in [-0.1, -0.05) is 84.9 Å². The minimum Gasteiger partial charge on any atom is -0.352 e. The number of hydrogen-bond donors (Lipinski definition) is 1. The van der Waals surface area contributed by atoms with Gasteiger partial charge in [-0.2, -0.15) is 4.89 Å². The van der Waals surface area contributed by atoms with E-state index in [1.807, 2.05) is 84.9 Å². The van der Waals surface area contributed by atoms with Crippen molar-refractivity contribution < 1.29 is 19.6 Å². The molecule has 0 amide bonds. The maximum Gasteiger partial charge on any atom is 0.240 e. The van der Waals surface area contributed by atoms with E-state index in [0.717, 1.165) is 16.7 Å². The highest BCUT2D eigenvalue weighted by molar-refractivity contribution is 5.45. The summed E-state index contributed by atoms with van der Waals surface area (Å²) in [4.78, 5) is 5.12. The van der Waals surface area contributed by atoms with Gasteiger partial charge in [0, 0.05) is 18.2 Å². The van der Waals surface area contributed by atoms with E-state index in [0.29, 0.717) is 5.56 Å². The third kappa shape index (κ3) is 2.64. The molecule has 0 saturated carbocycles. The number of ether oxygens (including phenoxy) is 2. The minimum atomic E-state index is -1.42. The molecule has 0 unspecified atom stereocenters. The summed E-state index contributed by atoms with van der Waals surface area (Å²) in [6.07, 6.45) is -0.654. The Kier molecular flexibility index (Phi) is 4.57. The molecule has 1 aliphatic rings. The topological polar surface area (TPSA) is 47.9 Å². The highest BCUT2D eigenvalue weighted by Crippen LogP contribution is 2.53. The molecule has 132 valence electrons. The van der Waals surface area contributed by atoms with Crippen molar-refractivity contribution in [3.63, 3.8) is 0 Å². The zero-order valence-corrected chi connectivity index (χ0v) is 14.4. The van der Waals surface area contributed by atoms with Gasteiger partial charge in [-0.05, 0) is 11.1 Å². The zero-order chi connectivity index (χ0) is 18.0. The fourth-order valence-corrected chi connectivity index (χ4v) is 3.74. The summed E-state index contributed by atoms with van der Waals surface area (Å²) in [7, 11) is 1.58. The monoisotopic (exact) mass is 348 g/mol. The lowest BCUT2D eigenvalue weighted by atomic mass is 9.77. The van der Waals surface area contributed by atoms with Crippen LogP contribution in [-0.2, 0) is 20.1 Å². The third-order valence-corrected chi connectivity index (χ3v) is 4.88. The summed E-state index contributed by atoms with van der Waals surface area (Å²) >= 11 is 0. The molecule has 3 aromatic rings. The number of hydrogen-bond acceptors (Lipinski definition) is 4. The fraction of sp³-hybridized carbons (Fsp3) is 0.182. The van der Waals surface area contributed by atoms with Crippen molar-refractivity contribution in [1.29, 1.82) is 0 Å². The van der Waals surface area contributed by atoms with E-state index in [2.05, 4.69) is 0 Å². The van der Waals surface area contributed by atoms with Gasteiger partial charge < -0.3 is 9.47 Å². The van der Waals surface area contributed by atoms with Crippen molar-refractivity contribution in [2.45, 2.75) is 18.0 Å². The molecule has 1 N–H and O–H groups in total. The highest BCUT2D eigenvalue weighted by atomic mass is 17.1. The first-order valence-electron chi connectivity index (χ1n) is 8.52. The van der Waals surface area contributed by atoms with Crippen LogP contribution in [0.25, 0.3) is 0 Å². The van der Waals surface area contributed by atoms with Gasteiger partial charge in [0.05, 0.1) is 5.92 Å². The van der Waals surface area contributed by atoms with Crippen molar-refractivity contribution >= 4 is 0 Å². The first-order chi connectivity index (χ1) is 12.8. The van der Waals surface area contributed by atoms with Gasteiger partial charge in [-0.3, -0.25) is 0 Å². The number of fused-ring (bicyclic) bond motifs is 1. The Bertz CT molecular complexity index is 866. The van der Waals surface area contributed by atoms with Crippen LogP contribution >= 0.6 is 0 Å². The molecule has 0 fully saturated rings. The van der Waals surface area contributed by atoms with Gasteiger partial charge in [0.1, 0.15) is 0 Å². The van der Waals surface area contributed by atoms with Crippen molar-refractivity contribution in [1.82, 2.24) is 0 Å². The van der Waals surface area contributed by atoms with E-state index in [1.165, 1.54) is 0 Å². The molecule has 0 saturated heterocycles. The summed E-state index contributed by atoms with van der Waals surface area (Å²) in [5.41, 5.74) is 3.61. The molecule has 1 heterocycles. The fourth-order valence-electron chi connectivity index (χ4n) is 3.74. The van der Waals surface area contributed by atoms with Gasteiger partial charge >= 0.3 is 0 Å². The zero-order valence-electron chi connectivity index (χ0n) is 14.4. The average Bonchev–Trinajstić information content (AvgIpc) is 2.73. The molecule has 3 aromatic carbocycles. The molecule has 0 aromatic heterocycles. The van der Waals surface area contributed by atoms with Gasteiger partial charge in [0.15, 0.2) is 6.29 Å². The lowest BCUT2D eigenvalue weighted by molar-refractivity contribution is -0.449. The standard InChI is InChI=1S/C22H20O4/c1-24-21-19-15-9-8-14-18(19)20(16-10-4-2-5-11-16)22(25-21,26-23)17-12-6-3-7-13-17/h2-15,20-21,23H,1H3/t20-,21+,22+/m0/s1. The van der Waals surface area contributed by atoms with E-state index >= 15 is 0 Å². The van der Waals surface area contributed by atoms with Crippen LogP contribution in [0.5, 0.6) is 0 Å². The predicted octanol–water partition coefficient (Wildman–Crippen LogP) is 4.84. The highest BCUT2D eigenvalue weighted by Gasteiger charge is 2.52. The Balaban J connectivity index is 2.00. The van der Waals surface area contributed by atoms with Crippen LogP contribution in [0.1, 0.15) is 34.5 Å². The molecule has 0 aliphatic carbocycles. The second-order valence-electron chi connectivity index (χ2n) is 6.28. The SMILES string of the molecule is CO[C@@H]1O[C@@](OO)(c2ccccc2)[C@@H](c2ccccc2)c2ccccc21. The molecule has 1 aliphatic heterocycles. The van der Waals surface area contributed by atoms with Gasteiger partial charge in [0.2, 0.25) is 5.79 Å². The molecule has 4 nitrogen and oxygen atoms in total. The van der Waals surface area contributed by atoms with Gasteiger partial charge in [-0.25, -0.2) is 5.26 Å². The van der Waals surface area contributed by atoms with E-state index in [9.17, 15) is 5.26 Å². The Morgan fingerprint density at radius 2 is 1.38 bits per heavy atom.